The Morgan fingerprint density at radius 3 is 2.20 bits per heavy atom. The average molecular weight is 517 g/mol. The summed E-state index contributed by atoms with van der Waals surface area (Å²) in [5.41, 5.74) is 1.95. The maximum atomic E-state index is 12.6. The standard InChI is InChI=1S/C25H25ClN2O6S/c1-34-25(29)24(19-5-3-2-4-6-19)16-9-20(18-7-10-21(26)11-8-18)17-27(35(32)33)22-12-14-23(15-13-22)28(30)31/h2-8,10-15,20,24H,9,16-17H2,1H3,(H,32,33). The van der Waals surface area contributed by atoms with E-state index >= 15 is 0 Å². The summed E-state index contributed by atoms with van der Waals surface area (Å²) in [4.78, 5) is 23.0. The lowest BCUT2D eigenvalue weighted by atomic mass is 9.87. The van der Waals surface area contributed by atoms with E-state index in [-0.39, 0.29) is 24.1 Å². The Hall–Kier alpha value is -3.27. The Labute approximate surface area is 211 Å². The highest BCUT2D eigenvalue weighted by atomic mass is 35.5. The summed E-state index contributed by atoms with van der Waals surface area (Å²) >= 11 is 3.68. The molecule has 8 nitrogen and oxygen atoms in total. The Balaban J connectivity index is 1.89. The van der Waals surface area contributed by atoms with Crippen LogP contribution >= 0.6 is 11.6 Å². The van der Waals surface area contributed by atoms with Crippen molar-refractivity contribution >= 4 is 40.2 Å². The van der Waals surface area contributed by atoms with Gasteiger partial charge in [-0.15, -0.1) is 0 Å². The summed E-state index contributed by atoms with van der Waals surface area (Å²) in [5, 5.41) is 11.5. The number of benzene rings is 3. The van der Waals surface area contributed by atoms with Crippen molar-refractivity contribution < 1.29 is 23.2 Å². The van der Waals surface area contributed by atoms with Crippen molar-refractivity contribution in [1.82, 2.24) is 0 Å². The fourth-order valence-electron chi connectivity index (χ4n) is 3.91. The van der Waals surface area contributed by atoms with Crippen molar-refractivity contribution in [2.75, 3.05) is 18.0 Å². The molecule has 0 amide bonds. The van der Waals surface area contributed by atoms with E-state index in [1.165, 1.54) is 35.7 Å². The summed E-state index contributed by atoms with van der Waals surface area (Å²) in [7, 11) is 1.35. The zero-order chi connectivity index (χ0) is 25.4. The van der Waals surface area contributed by atoms with Crippen molar-refractivity contribution in [1.29, 1.82) is 0 Å². The van der Waals surface area contributed by atoms with Crippen molar-refractivity contribution in [3.63, 3.8) is 0 Å². The number of ether oxygens (including phenoxy) is 1. The van der Waals surface area contributed by atoms with Crippen LogP contribution in [-0.4, -0.2) is 33.3 Å². The van der Waals surface area contributed by atoms with Gasteiger partial charge >= 0.3 is 5.97 Å². The quantitative estimate of drug-likeness (QED) is 0.151. The van der Waals surface area contributed by atoms with Gasteiger partial charge in [0.1, 0.15) is 0 Å². The number of nitro groups is 1. The fraction of sp³-hybridized carbons (Fsp3) is 0.240. The molecule has 0 saturated carbocycles. The van der Waals surface area contributed by atoms with Crippen LogP contribution in [0, 0.1) is 10.1 Å². The first kappa shape index (κ1) is 26.3. The molecule has 3 aromatic rings. The number of nitro benzene ring substituents is 1. The van der Waals surface area contributed by atoms with Gasteiger partial charge in [0.05, 0.1) is 23.6 Å². The van der Waals surface area contributed by atoms with Crippen LogP contribution < -0.4 is 4.31 Å². The van der Waals surface area contributed by atoms with E-state index in [4.69, 9.17) is 16.3 Å². The molecule has 0 aromatic heterocycles. The molecule has 10 heteroatoms. The molecule has 3 aromatic carbocycles. The van der Waals surface area contributed by atoms with Crippen molar-refractivity contribution in [2.45, 2.75) is 24.7 Å². The van der Waals surface area contributed by atoms with E-state index in [1.54, 1.807) is 12.1 Å². The molecular formula is C25H25ClN2O6S. The van der Waals surface area contributed by atoms with Gasteiger partial charge in [0.15, 0.2) is 0 Å². The van der Waals surface area contributed by atoms with E-state index in [2.05, 4.69) is 0 Å². The number of hydrogen-bond acceptors (Lipinski definition) is 5. The summed E-state index contributed by atoms with van der Waals surface area (Å²) in [6.07, 6.45) is 0.938. The molecule has 3 rings (SSSR count). The summed E-state index contributed by atoms with van der Waals surface area (Å²) in [6, 6.07) is 21.9. The molecule has 0 heterocycles. The van der Waals surface area contributed by atoms with Gasteiger partial charge in [-0.05, 0) is 48.2 Å². The molecule has 0 bridgehead atoms. The Bertz CT molecular complexity index is 1160. The third-order valence-electron chi connectivity index (χ3n) is 5.76. The van der Waals surface area contributed by atoms with Gasteiger partial charge in [0, 0.05) is 29.6 Å². The van der Waals surface area contributed by atoms with E-state index < -0.39 is 22.1 Å². The number of carbonyl (C=O) groups is 1. The van der Waals surface area contributed by atoms with Gasteiger partial charge in [-0.2, -0.15) is 0 Å². The number of halogens is 1. The number of methoxy groups -OCH3 is 1. The minimum atomic E-state index is -2.39. The lowest BCUT2D eigenvalue weighted by molar-refractivity contribution is -0.384. The molecule has 0 saturated heterocycles. The number of nitrogens with zero attached hydrogens (tertiary/aromatic N) is 2. The molecule has 0 aliphatic rings. The molecule has 0 spiro atoms. The zero-order valence-electron chi connectivity index (χ0n) is 19.0. The Morgan fingerprint density at radius 1 is 1.03 bits per heavy atom. The highest BCUT2D eigenvalue weighted by Crippen LogP contribution is 2.32. The van der Waals surface area contributed by atoms with Gasteiger partial charge in [0.25, 0.3) is 17.0 Å². The maximum Gasteiger partial charge on any atom is 0.313 e. The smallest absolute Gasteiger partial charge is 0.313 e. The number of hydrogen-bond donors (Lipinski definition) is 1. The second-order valence-corrected chi connectivity index (χ2v) is 9.22. The molecule has 0 aliphatic heterocycles. The maximum absolute atomic E-state index is 12.6. The highest BCUT2D eigenvalue weighted by molar-refractivity contribution is 7.80. The largest absolute Gasteiger partial charge is 0.469 e. The lowest BCUT2D eigenvalue weighted by Crippen LogP contribution is -2.30. The average Bonchev–Trinajstić information content (AvgIpc) is 2.87. The van der Waals surface area contributed by atoms with Crippen molar-refractivity contribution in [2.24, 2.45) is 0 Å². The van der Waals surface area contributed by atoms with E-state index in [0.717, 1.165) is 11.1 Å². The molecule has 0 fully saturated rings. The van der Waals surface area contributed by atoms with Crippen LogP contribution in [0.5, 0.6) is 0 Å². The summed E-state index contributed by atoms with van der Waals surface area (Å²) in [6.45, 7) is 0.130. The van der Waals surface area contributed by atoms with Crippen LogP contribution in [-0.2, 0) is 20.8 Å². The molecule has 3 unspecified atom stereocenters. The van der Waals surface area contributed by atoms with Crippen LogP contribution in [0.2, 0.25) is 5.02 Å². The minimum Gasteiger partial charge on any atom is -0.469 e. The van der Waals surface area contributed by atoms with Gasteiger partial charge in [0.2, 0.25) is 0 Å². The molecule has 0 radical (unpaired) electrons. The second kappa shape index (κ2) is 12.4. The Kier molecular flexibility index (Phi) is 9.36. The second-order valence-electron chi connectivity index (χ2n) is 7.88. The van der Waals surface area contributed by atoms with Crippen LogP contribution in [0.15, 0.2) is 78.9 Å². The third-order valence-corrected chi connectivity index (χ3v) is 6.75. The normalized spacial score (nSPS) is 13.5. The summed E-state index contributed by atoms with van der Waals surface area (Å²) < 4.78 is 28.6. The first-order chi connectivity index (χ1) is 16.8. The van der Waals surface area contributed by atoms with Crippen LogP contribution in [0.25, 0.3) is 0 Å². The molecular weight excluding hydrogens is 492 g/mol. The molecule has 35 heavy (non-hydrogen) atoms. The molecule has 0 aliphatic carbocycles. The number of esters is 1. The molecule has 3 atom stereocenters. The zero-order valence-corrected chi connectivity index (χ0v) is 20.5. The number of non-ortho nitro benzene ring substituents is 1. The predicted octanol–water partition coefficient (Wildman–Crippen LogP) is 5.71. The topological polar surface area (TPSA) is 110 Å². The number of rotatable bonds is 11. The molecule has 1 N–H and O–H groups in total. The molecule has 184 valence electrons. The van der Waals surface area contributed by atoms with Crippen LogP contribution in [0.4, 0.5) is 11.4 Å². The SMILES string of the molecule is COC(=O)C(CCC(CN(c1ccc([N+](=O)[O-])cc1)S(=O)O)c1ccc(Cl)cc1)c1ccccc1. The van der Waals surface area contributed by atoms with Gasteiger partial charge in [-0.1, -0.05) is 54.1 Å². The Morgan fingerprint density at radius 2 is 1.66 bits per heavy atom. The van der Waals surface area contributed by atoms with Crippen LogP contribution in [0.3, 0.4) is 0 Å². The highest BCUT2D eigenvalue weighted by Gasteiger charge is 2.26. The predicted molar refractivity (Wildman–Crippen MR) is 136 cm³/mol. The van der Waals surface area contributed by atoms with E-state index in [9.17, 15) is 23.7 Å². The van der Waals surface area contributed by atoms with Gasteiger partial charge in [-0.3, -0.25) is 23.8 Å². The van der Waals surface area contributed by atoms with Crippen LogP contribution in [0.1, 0.15) is 35.8 Å². The third kappa shape index (κ3) is 7.11. The van der Waals surface area contributed by atoms with Gasteiger partial charge in [-0.25, -0.2) is 4.21 Å². The fourth-order valence-corrected chi connectivity index (χ4v) is 4.65. The van der Waals surface area contributed by atoms with E-state index in [1.807, 2.05) is 42.5 Å². The summed E-state index contributed by atoms with van der Waals surface area (Å²) in [5.74, 6) is -1.11. The van der Waals surface area contributed by atoms with Gasteiger partial charge < -0.3 is 4.74 Å². The van der Waals surface area contributed by atoms with Crippen molar-refractivity contribution in [3.05, 3.63) is 105 Å². The first-order valence-corrected chi connectivity index (χ1v) is 12.3. The lowest BCUT2D eigenvalue weighted by Gasteiger charge is -2.27. The minimum absolute atomic E-state index is 0.115. The first-order valence-electron chi connectivity index (χ1n) is 10.8. The monoisotopic (exact) mass is 516 g/mol. The van der Waals surface area contributed by atoms with Crippen molar-refractivity contribution in [3.8, 4) is 0 Å². The number of anilines is 1. The number of carbonyl (C=O) groups excluding carboxylic acids is 1. The van der Waals surface area contributed by atoms with E-state index in [0.29, 0.717) is 23.6 Å².